The molecule has 0 unspecified atom stereocenters. The average Bonchev–Trinajstić information content (AvgIpc) is 2.34. The molecule has 0 amide bonds. The van der Waals surface area contributed by atoms with Crippen molar-refractivity contribution in [3.8, 4) is 0 Å². The van der Waals surface area contributed by atoms with Crippen molar-refractivity contribution in [2.75, 3.05) is 19.6 Å². The summed E-state index contributed by atoms with van der Waals surface area (Å²) in [5.41, 5.74) is 0. The van der Waals surface area contributed by atoms with Gasteiger partial charge in [0, 0.05) is 0 Å². The molecule has 0 aromatic rings. The fraction of sp³-hybridized carbons (Fsp3) is 1.00. The number of hydrogen-bond acceptors (Lipinski definition) is 1. The summed E-state index contributed by atoms with van der Waals surface area (Å²) in [5, 5.41) is 0. The fourth-order valence-corrected chi connectivity index (χ4v) is 1.39. The van der Waals surface area contributed by atoms with E-state index >= 15 is 0 Å². The van der Waals surface area contributed by atoms with Crippen LogP contribution in [0.2, 0.25) is 0 Å². The fourth-order valence-electron chi connectivity index (χ4n) is 1.39. The topological polar surface area (TPSA) is 3.24 Å². The van der Waals surface area contributed by atoms with Crippen LogP contribution < -0.4 is 0 Å². The third-order valence-electron chi connectivity index (χ3n) is 2.03. The first-order chi connectivity index (χ1) is 4.43. The minimum atomic E-state index is 0. The standard InChI is InChI=1S/C8H17N.BrH/c1-2-3-6-9-7-4-5-8-9;/h2-8H2,1H3;1H. The molecule has 0 N–H and O–H groups in total. The lowest BCUT2D eigenvalue weighted by Gasteiger charge is -2.12. The van der Waals surface area contributed by atoms with Crippen LogP contribution >= 0.6 is 17.0 Å². The van der Waals surface area contributed by atoms with Crippen LogP contribution in [0.3, 0.4) is 0 Å². The maximum absolute atomic E-state index is 2.57. The molecular formula is C8H18BrN. The molecule has 1 saturated heterocycles. The molecule has 1 aliphatic rings. The Bertz CT molecular complexity index is 69.7. The quantitative estimate of drug-likeness (QED) is 0.688. The molecule has 0 aromatic heterocycles. The van der Waals surface area contributed by atoms with Gasteiger partial charge in [-0.1, -0.05) is 13.3 Å². The van der Waals surface area contributed by atoms with Crippen molar-refractivity contribution in [2.24, 2.45) is 0 Å². The first kappa shape index (κ1) is 10.4. The van der Waals surface area contributed by atoms with E-state index in [1.54, 1.807) is 0 Å². The second-order valence-corrected chi connectivity index (χ2v) is 2.90. The van der Waals surface area contributed by atoms with Crippen molar-refractivity contribution in [3.05, 3.63) is 0 Å². The summed E-state index contributed by atoms with van der Waals surface area (Å²) in [4.78, 5) is 2.57. The van der Waals surface area contributed by atoms with Crippen molar-refractivity contribution in [1.29, 1.82) is 0 Å². The van der Waals surface area contributed by atoms with Gasteiger partial charge < -0.3 is 4.90 Å². The van der Waals surface area contributed by atoms with Crippen LogP contribution in [0.15, 0.2) is 0 Å². The highest BCUT2D eigenvalue weighted by molar-refractivity contribution is 8.93. The van der Waals surface area contributed by atoms with E-state index in [-0.39, 0.29) is 17.0 Å². The molecule has 1 nitrogen and oxygen atoms in total. The van der Waals surface area contributed by atoms with E-state index in [2.05, 4.69) is 11.8 Å². The molecular weight excluding hydrogens is 190 g/mol. The molecule has 0 spiro atoms. The largest absolute Gasteiger partial charge is 0.303 e. The van der Waals surface area contributed by atoms with Crippen molar-refractivity contribution in [2.45, 2.75) is 32.6 Å². The Morgan fingerprint density at radius 2 is 1.80 bits per heavy atom. The predicted molar refractivity (Wildman–Crippen MR) is 50.9 cm³/mol. The molecule has 0 aromatic carbocycles. The molecule has 1 heterocycles. The second-order valence-electron chi connectivity index (χ2n) is 2.90. The highest BCUT2D eigenvalue weighted by Crippen LogP contribution is 2.07. The predicted octanol–water partition coefficient (Wildman–Crippen LogP) is 2.46. The van der Waals surface area contributed by atoms with Crippen LogP contribution in [0.25, 0.3) is 0 Å². The molecule has 0 bridgehead atoms. The lowest BCUT2D eigenvalue weighted by Crippen LogP contribution is -2.19. The van der Waals surface area contributed by atoms with Crippen LogP contribution in [0, 0.1) is 0 Å². The Morgan fingerprint density at radius 3 is 2.30 bits per heavy atom. The van der Waals surface area contributed by atoms with E-state index in [0.29, 0.717) is 0 Å². The van der Waals surface area contributed by atoms with Gasteiger partial charge in [0.2, 0.25) is 0 Å². The van der Waals surface area contributed by atoms with Gasteiger partial charge in [0.25, 0.3) is 0 Å². The lowest BCUT2D eigenvalue weighted by molar-refractivity contribution is 0.332. The first-order valence-electron chi connectivity index (χ1n) is 4.16. The molecule has 0 saturated carbocycles. The molecule has 0 aliphatic carbocycles. The van der Waals surface area contributed by atoms with Crippen molar-refractivity contribution >= 4 is 17.0 Å². The molecule has 1 aliphatic heterocycles. The summed E-state index contributed by atoms with van der Waals surface area (Å²) in [6.45, 7) is 6.33. The van der Waals surface area contributed by atoms with E-state index in [4.69, 9.17) is 0 Å². The molecule has 0 atom stereocenters. The Hall–Kier alpha value is 0.440. The van der Waals surface area contributed by atoms with E-state index in [0.717, 1.165) is 0 Å². The Balaban J connectivity index is 0.000000810. The minimum Gasteiger partial charge on any atom is -0.303 e. The molecule has 2 heteroatoms. The van der Waals surface area contributed by atoms with Crippen molar-refractivity contribution in [3.63, 3.8) is 0 Å². The van der Waals surface area contributed by atoms with Crippen LogP contribution in [-0.2, 0) is 0 Å². The van der Waals surface area contributed by atoms with Gasteiger partial charge >= 0.3 is 0 Å². The summed E-state index contributed by atoms with van der Waals surface area (Å²) < 4.78 is 0. The van der Waals surface area contributed by atoms with Gasteiger partial charge in [-0.3, -0.25) is 0 Å². The maximum Gasteiger partial charge on any atom is -0.00183 e. The van der Waals surface area contributed by atoms with Gasteiger partial charge in [-0.15, -0.1) is 17.0 Å². The van der Waals surface area contributed by atoms with Gasteiger partial charge in [0.15, 0.2) is 0 Å². The lowest BCUT2D eigenvalue weighted by atomic mass is 10.3. The van der Waals surface area contributed by atoms with E-state index in [9.17, 15) is 0 Å². The molecule has 0 radical (unpaired) electrons. The van der Waals surface area contributed by atoms with E-state index in [1.165, 1.54) is 45.3 Å². The number of halogens is 1. The van der Waals surface area contributed by atoms with Crippen LogP contribution in [0.5, 0.6) is 0 Å². The summed E-state index contributed by atoms with van der Waals surface area (Å²) in [6.07, 6.45) is 5.60. The smallest absolute Gasteiger partial charge is 0.00183 e. The highest BCUT2D eigenvalue weighted by Gasteiger charge is 2.08. The summed E-state index contributed by atoms with van der Waals surface area (Å²) in [7, 11) is 0. The minimum absolute atomic E-state index is 0. The van der Waals surface area contributed by atoms with E-state index < -0.39 is 0 Å². The average molecular weight is 208 g/mol. The molecule has 62 valence electrons. The molecule has 10 heavy (non-hydrogen) atoms. The molecule has 1 fully saturated rings. The summed E-state index contributed by atoms with van der Waals surface area (Å²) in [6, 6.07) is 0. The van der Waals surface area contributed by atoms with Gasteiger partial charge in [0.1, 0.15) is 0 Å². The monoisotopic (exact) mass is 207 g/mol. The van der Waals surface area contributed by atoms with Gasteiger partial charge in [-0.25, -0.2) is 0 Å². The Labute approximate surface area is 74.6 Å². The Kier molecular flexibility index (Phi) is 6.44. The van der Waals surface area contributed by atoms with E-state index in [1.807, 2.05) is 0 Å². The van der Waals surface area contributed by atoms with Gasteiger partial charge in [-0.05, 0) is 38.9 Å². The third kappa shape index (κ3) is 3.57. The number of rotatable bonds is 3. The normalized spacial score (nSPS) is 18.9. The third-order valence-corrected chi connectivity index (χ3v) is 2.03. The summed E-state index contributed by atoms with van der Waals surface area (Å²) >= 11 is 0. The van der Waals surface area contributed by atoms with Gasteiger partial charge in [-0.2, -0.15) is 0 Å². The molecule has 1 rings (SSSR count). The zero-order valence-corrected chi connectivity index (χ0v) is 8.52. The summed E-state index contributed by atoms with van der Waals surface area (Å²) in [5.74, 6) is 0. The van der Waals surface area contributed by atoms with Crippen LogP contribution in [0.1, 0.15) is 32.6 Å². The number of hydrogen-bond donors (Lipinski definition) is 0. The maximum atomic E-state index is 2.57. The van der Waals surface area contributed by atoms with Crippen molar-refractivity contribution < 1.29 is 0 Å². The zero-order chi connectivity index (χ0) is 6.53. The first-order valence-corrected chi connectivity index (χ1v) is 4.16. The Morgan fingerprint density at radius 1 is 1.20 bits per heavy atom. The number of likely N-dealkylation sites (tertiary alicyclic amines) is 1. The van der Waals surface area contributed by atoms with Crippen molar-refractivity contribution in [1.82, 2.24) is 4.90 Å². The SMILES string of the molecule is Br.CCCCN1CCCC1. The van der Waals surface area contributed by atoms with Crippen LogP contribution in [0.4, 0.5) is 0 Å². The number of nitrogens with zero attached hydrogens (tertiary/aromatic N) is 1. The number of unbranched alkanes of at least 4 members (excludes halogenated alkanes) is 1. The van der Waals surface area contributed by atoms with Crippen LogP contribution in [-0.4, -0.2) is 24.5 Å². The van der Waals surface area contributed by atoms with Gasteiger partial charge in [0.05, 0.1) is 0 Å². The second kappa shape index (κ2) is 6.17. The highest BCUT2D eigenvalue weighted by atomic mass is 79.9. The zero-order valence-electron chi connectivity index (χ0n) is 6.81.